The molecule has 2 aliphatic rings. The van der Waals surface area contributed by atoms with Gasteiger partial charge in [0.2, 0.25) is 0 Å². The van der Waals surface area contributed by atoms with Crippen molar-refractivity contribution >= 4 is 22.3 Å². The molecule has 158 valence electrons. The zero-order valence-corrected chi connectivity index (χ0v) is 18.8. The maximum atomic E-state index is 4.97. The summed E-state index contributed by atoms with van der Waals surface area (Å²) in [6.07, 6.45) is 4.98. The smallest absolute Gasteiger partial charge is 0.191 e. The molecular weight excluding hydrogens is 366 g/mol. The Morgan fingerprint density at radius 1 is 1.25 bits per heavy atom. The van der Waals surface area contributed by atoms with Crippen molar-refractivity contribution in [3.8, 4) is 0 Å². The van der Waals surface area contributed by atoms with Crippen molar-refractivity contribution in [2.75, 3.05) is 50.7 Å². The SMILES string of the molecule is CCNC(=NCC1CCCN(CC(C)C)C1)NC1CCN(c2cccs2)CC1. The third-order valence-corrected chi connectivity index (χ3v) is 6.66. The van der Waals surface area contributed by atoms with Crippen molar-refractivity contribution in [3.05, 3.63) is 17.5 Å². The number of hydrogen-bond acceptors (Lipinski definition) is 4. The topological polar surface area (TPSA) is 42.9 Å². The highest BCUT2D eigenvalue weighted by atomic mass is 32.1. The van der Waals surface area contributed by atoms with E-state index < -0.39 is 0 Å². The van der Waals surface area contributed by atoms with Crippen molar-refractivity contribution in [2.24, 2.45) is 16.8 Å². The lowest BCUT2D eigenvalue weighted by Crippen LogP contribution is -2.49. The number of guanidine groups is 1. The lowest BCUT2D eigenvalue weighted by Gasteiger charge is -2.34. The first-order chi connectivity index (χ1) is 13.6. The maximum absolute atomic E-state index is 4.97. The first-order valence-electron chi connectivity index (χ1n) is 11.2. The molecule has 0 spiro atoms. The molecule has 0 radical (unpaired) electrons. The molecule has 1 aromatic rings. The van der Waals surface area contributed by atoms with Gasteiger partial charge in [0.15, 0.2) is 5.96 Å². The Hall–Kier alpha value is -1.27. The average Bonchev–Trinajstić information content (AvgIpc) is 3.21. The molecule has 2 fully saturated rings. The first-order valence-corrected chi connectivity index (χ1v) is 12.1. The number of anilines is 1. The molecule has 0 aliphatic carbocycles. The van der Waals surface area contributed by atoms with Gasteiger partial charge in [-0.2, -0.15) is 0 Å². The molecule has 6 heteroatoms. The predicted octanol–water partition coefficient (Wildman–Crippen LogP) is 3.64. The summed E-state index contributed by atoms with van der Waals surface area (Å²) in [6, 6.07) is 4.91. The Bertz CT molecular complexity index is 578. The number of aliphatic imine (C=N–C) groups is 1. The van der Waals surface area contributed by atoms with E-state index >= 15 is 0 Å². The highest BCUT2D eigenvalue weighted by Gasteiger charge is 2.22. The van der Waals surface area contributed by atoms with Gasteiger partial charge in [-0.15, -0.1) is 11.3 Å². The maximum Gasteiger partial charge on any atom is 0.191 e. The quantitative estimate of drug-likeness (QED) is 0.537. The second kappa shape index (κ2) is 11.1. The molecule has 3 heterocycles. The van der Waals surface area contributed by atoms with Crippen LogP contribution < -0.4 is 15.5 Å². The van der Waals surface area contributed by atoms with Crippen LogP contribution >= 0.6 is 11.3 Å². The van der Waals surface area contributed by atoms with Gasteiger partial charge in [0.25, 0.3) is 0 Å². The van der Waals surface area contributed by atoms with Gasteiger partial charge >= 0.3 is 0 Å². The van der Waals surface area contributed by atoms with E-state index in [-0.39, 0.29) is 0 Å². The number of nitrogens with one attached hydrogen (secondary N) is 2. The monoisotopic (exact) mass is 405 g/mol. The first kappa shape index (κ1) is 21.4. The predicted molar refractivity (Wildman–Crippen MR) is 123 cm³/mol. The average molecular weight is 406 g/mol. The Morgan fingerprint density at radius 3 is 2.75 bits per heavy atom. The molecule has 2 aliphatic heterocycles. The molecule has 0 saturated carbocycles. The summed E-state index contributed by atoms with van der Waals surface area (Å²) in [5.41, 5.74) is 0. The summed E-state index contributed by atoms with van der Waals surface area (Å²) in [6.45, 7) is 14.6. The van der Waals surface area contributed by atoms with Crippen molar-refractivity contribution in [3.63, 3.8) is 0 Å². The van der Waals surface area contributed by atoms with Gasteiger partial charge in [-0.05, 0) is 68.5 Å². The number of thiophene rings is 1. The normalized spacial score (nSPS) is 22.6. The van der Waals surface area contributed by atoms with E-state index in [1.165, 1.54) is 50.3 Å². The third kappa shape index (κ3) is 6.66. The molecule has 2 N–H and O–H groups in total. The number of hydrogen-bond donors (Lipinski definition) is 2. The summed E-state index contributed by atoms with van der Waals surface area (Å²) >= 11 is 1.85. The summed E-state index contributed by atoms with van der Waals surface area (Å²) in [5.74, 6) is 2.46. The molecule has 1 unspecified atom stereocenters. The summed E-state index contributed by atoms with van der Waals surface area (Å²) in [7, 11) is 0. The molecule has 0 aromatic carbocycles. The lowest BCUT2D eigenvalue weighted by molar-refractivity contribution is 0.162. The highest BCUT2D eigenvalue weighted by molar-refractivity contribution is 7.14. The summed E-state index contributed by atoms with van der Waals surface area (Å²) in [4.78, 5) is 10.1. The number of nitrogens with zero attached hydrogens (tertiary/aromatic N) is 3. The van der Waals surface area contributed by atoms with Crippen LogP contribution in [0.2, 0.25) is 0 Å². The van der Waals surface area contributed by atoms with Gasteiger partial charge < -0.3 is 20.4 Å². The van der Waals surface area contributed by atoms with E-state index in [0.717, 1.165) is 38.1 Å². The van der Waals surface area contributed by atoms with Crippen molar-refractivity contribution in [2.45, 2.75) is 52.5 Å². The minimum atomic E-state index is 0.526. The number of piperidine rings is 2. The highest BCUT2D eigenvalue weighted by Crippen LogP contribution is 2.24. The molecule has 1 atom stereocenters. The third-order valence-electron chi connectivity index (χ3n) is 5.73. The Kier molecular flexibility index (Phi) is 8.46. The van der Waals surface area contributed by atoms with E-state index in [2.05, 4.69) is 58.7 Å². The molecule has 2 saturated heterocycles. The second-order valence-electron chi connectivity index (χ2n) is 8.74. The molecule has 1 aromatic heterocycles. The van der Waals surface area contributed by atoms with E-state index in [0.29, 0.717) is 12.0 Å². The largest absolute Gasteiger partial charge is 0.363 e. The Balaban J connectivity index is 1.46. The van der Waals surface area contributed by atoms with Gasteiger partial charge in [-0.3, -0.25) is 4.99 Å². The fourth-order valence-corrected chi connectivity index (χ4v) is 5.20. The van der Waals surface area contributed by atoms with Crippen molar-refractivity contribution in [1.29, 1.82) is 0 Å². The lowest BCUT2D eigenvalue weighted by atomic mass is 9.97. The molecule has 28 heavy (non-hydrogen) atoms. The fourth-order valence-electron chi connectivity index (χ4n) is 4.41. The van der Waals surface area contributed by atoms with E-state index in [1.807, 2.05) is 11.3 Å². The van der Waals surface area contributed by atoms with Gasteiger partial charge in [0, 0.05) is 45.3 Å². The van der Waals surface area contributed by atoms with Crippen molar-refractivity contribution in [1.82, 2.24) is 15.5 Å². The Labute approximate surface area is 175 Å². The Morgan fingerprint density at radius 2 is 2.07 bits per heavy atom. The van der Waals surface area contributed by atoms with Crippen LogP contribution in [0.3, 0.4) is 0 Å². The minimum Gasteiger partial charge on any atom is -0.363 e. The van der Waals surface area contributed by atoms with Gasteiger partial charge in [-0.1, -0.05) is 13.8 Å². The van der Waals surface area contributed by atoms with E-state index in [1.54, 1.807) is 0 Å². The molecule has 3 rings (SSSR count). The molecule has 0 amide bonds. The van der Waals surface area contributed by atoms with Crippen LogP contribution in [0.4, 0.5) is 5.00 Å². The van der Waals surface area contributed by atoms with E-state index in [4.69, 9.17) is 4.99 Å². The van der Waals surface area contributed by atoms with Crippen molar-refractivity contribution < 1.29 is 0 Å². The zero-order valence-electron chi connectivity index (χ0n) is 18.0. The molecule has 5 nitrogen and oxygen atoms in total. The number of rotatable bonds is 7. The van der Waals surface area contributed by atoms with E-state index in [9.17, 15) is 0 Å². The van der Waals surface area contributed by atoms with Crippen LogP contribution in [0, 0.1) is 11.8 Å². The standard InChI is InChI=1S/C22H39N5S/c1-4-23-22(24-15-19-7-5-11-26(17-19)16-18(2)3)25-20-9-12-27(13-10-20)21-8-6-14-28-21/h6,8,14,18-20H,4-5,7,9-13,15-17H2,1-3H3,(H2,23,24,25). The van der Waals surface area contributed by atoms with Gasteiger partial charge in [0.05, 0.1) is 5.00 Å². The zero-order chi connectivity index (χ0) is 19.8. The van der Waals surface area contributed by atoms with Gasteiger partial charge in [-0.25, -0.2) is 0 Å². The van der Waals surface area contributed by atoms with Crippen LogP contribution in [0.25, 0.3) is 0 Å². The number of likely N-dealkylation sites (tertiary alicyclic amines) is 1. The van der Waals surface area contributed by atoms with Crippen LogP contribution in [0.1, 0.15) is 46.5 Å². The van der Waals surface area contributed by atoms with Crippen LogP contribution in [-0.4, -0.2) is 62.7 Å². The van der Waals surface area contributed by atoms with Crippen LogP contribution in [0.15, 0.2) is 22.5 Å². The minimum absolute atomic E-state index is 0.526. The van der Waals surface area contributed by atoms with Crippen LogP contribution in [0.5, 0.6) is 0 Å². The fraction of sp³-hybridized carbons (Fsp3) is 0.773. The van der Waals surface area contributed by atoms with Crippen LogP contribution in [-0.2, 0) is 0 Å². The van der Waals surface area contributed by atoms with Gasteiger partial charge in [0.1, 0.15) is 0 Å². The summed E-state index contributed by atoms with van der Waals surface area (Å²) in [5, 5.41) is 10.7. The molecule has 0 bridgehead atoms. The second-order valence-corrected chi connectivity index (χ2v) is 9.66. The molecular formula is C22H39N5S. The summed E-state index contributed by atoms with van der Waals surface area (Å²) < 4.78 is 0.